The number of benzene rings is 2. The van der Waals surface area contributed by atoms with E-state index in [9.17, 15) is 5.11 Å². The van der Waals surface area contributed by atoms with E-state index in [1.807, 2.05) is 12.1 Å². The van der Waals surface area contributed by atoms with Gasteiger partial charge in [-0.05, 0) is 41.2 Å². The molecular formula is C16H18O. The Morgan fingerprint density at radius 1 is 1.18 bits per heavy atom. The van der Waals surface area contributed by atoms with Crippen molar-refractivity contribution in [3.8, 4) is 0 Å². The van der Waals surface area contributed by atoms with Gasteiger partial charge in [0.15, 0.2) is 0 Å². The molecule has 0 amide bonds. The Balaban J connectivity index is 1.97. The molecule has 1 heteroatoms. The standard InChI is InChI=1S/C16H18O/c1-2-5-15-11-16(15,17)14-9-8-12-6-3-4-7-13(12)10-14/h3-4,6-10,15,17H,2,5,11H2,1H3. The summed E-state index contributed by atoms with van der Waals surface area (Å²) in [5, 5.41) is 13.0. The van der Waals surface area contributed by atoms with Crippen molar-refractivity contribution < 1.29 is 5.11 Å². The molecule has 0 spiro atoms. The molecule has 0 aromatic heterocycles. The van der Waals surface area contributed by atoms with E-state index in [-0.39, 0.29) is 0 Å². The van der Waals surface area contributed by atoms with Crippen molar-refractivity contribution in [1.82, 2.24) is 0 Å². The van der Waals surface area contributed by atoms with Gasteiger partial charge in [-0.3, -0.25) is 0 Å². The van der Waals surface area contributed by atoms with Crippen LogP contribution in [0, 0.1) is 5.92 Å². The van der Waals surface area contributed by atoms with Gasteiger partial charge in [-0.25, -0.2) is 0 Å². The van der Waals surface area contributed by atoms with Crippen molar-refractivity contribution in [2.45, 2.75) is 31.8 Å². The second kappa shape index (κ2) is 3.85. The number of rotatable bonds is 3. The molecule has 1 aliphatic carbocycles. The van der Waals surface area contributed by atoms with Gasteiger partial charge >= 0.3 is 0 Å². The predicted molar refractivity (Wildman–Crippen MR) is 70.9 cm³/mol. The third kappa shape index (κ3) is 1.75. The first-order valence-corrected chi connectivity index (χ1v) is 6.45. The van der Waals surface area contributed by atoms with Gasteiger partial charge in [0, 0.05) is 0 Å². The zero-order valence-electron chi connectivity index (χ0n) is 10.2. The summed E-state index contributed by atoms with van der Waals surface area (Å²) in [6, 6.07) is 14.7. The Hall–Kier alpha value is -1.34. The van der Waals surface area contributed by atoms with Gasteiger partial charge in [0.2, 0.25) is 0 Å². The van der Waals surface area contributed by atoms with E-state index in [0.717, 1.165) is 24.8 Å². The van der Waals surface area contributed by atoms with E-state index in [2.05, 4.69) is 37.3 Å². The summed E-state index contributed by atoms with van der Waals surface area (Å²) in [7, 11) is 0. The lowest BCUT2D eigenvalue weighted by atomic mass is 10.00. The molecule has 0 bridgehead atoms. The number of hydrogen-bond acceptors (Lipinski definition) is 1. The van der Waals surface area contributed by atoms with E-state index >= 15 is 0 Å². The maximum absolute atomic E-state index is 10.6. The van der Waals surface area contributed by atoms with Crippen LogP contribution in [-0.4, -0.2) is 5.11 Å². The number of hydrogen-bond donors (Lipinski definition) is 1. The summed E-state index contributed by atoms with van der Waals surface area (Å²) >= 11 is 0. The fourth-order valence-corrected chi connectivity index (χ4v) is 2.82. The van der Waals surface area contributed by atoms with Gasteiger partial charge in [-0.15, -0.1) is 0 Å². The molecule has 3 rings (SSSR count). The Labute approximate surface area is 102 Å². The third-order valence-corrected chi connectivity index (χ3v) is 3.96. The van der Waals surface area contributed by atoms with E-state index in [4.69, 9.17) is 0 Å². The lowest BCUT2D eigenvalue weighted by Crippen LogP contribution is -2.08. The first-order valence-electron chi connectivity index (χ1n) is 6.45. The minimum absolute atomic E-state index is 0.466. The van der Waals surface area contributed by atoms with Crippen LogP contribution in [0.2, 0.25) is 0 Å². The lowest BCUT2D eigenvalue weighted by molar-refractivity contribution is 0.129. The molecule has 1 N–H and O–H groups in total. The summed E-state index contributed by atoms with van der Waals surface area (Å²) in [5.74, 6) is 0.466. The van der Waals surface area contributed by atoms with Crippen molar-refractivity contribution in [2.24, 2.45) is 5.92 Å². The maximum atomic E-state index is 10.6. The minimum atomic E-state index is -0.542. The molecule has 17 heavy (non-hydrogen) atoms. The van der Waals surface area contributed by atoms with Gasteiger partial charge in [0.25, 0.3) is 0 Å². The van der Waals surface area contributed by atoms with Gasteiger partial charge in [-0.1, -0.05) is 49.7 Å². The molecule has 1 nitrogen and oxygen atoms in total. The maximum Gasteiger partial charge on any atom is 0.0929 e. The topological polar surface area (TPSA) is 20.2 Å². The molecule has 0 radical (unpaired) electrons. The second-order valence-corrected chi connectivity index (χ2v) is 5.18. The van der Waals surface area contributed by atoms with Crippen LogP contribution in [-0.2, 0) is 5.60 Å². The smallest absolute Gasteiger partial charge is 0.0929 e. The average molecular weight is 226 g/mol. The average Bonchev–Trinajstić information content (AvgIpc) is 3.01. The molecule has 2 unspecified atom stereocenters. The Morgan fingerprint density at radius 3 is 2.71 bits per heavy atom. The van der Waals surface area contributed by atoms with Crippen LogP contribution in [0.1, 0.15) is 31.7 Å². The van der Waals surface area contributed by atoms with Crippen LogP contribution in [0.4, 0.5) is 0 Å². The quantitative estimate of drug-likeness (QED) is 0.843. The first kappa shape index (κ1) is 10.8. The summed E-state index contributed by atoms with van der Waals surface area (Å²) in [6.45, 7) is 2.18. The zero-order valence-corrected chi connectivity index (χ0v) is 10.2. The van der Waals surface area contributed by atoms with Crippen LogP contribution in [0.5, 0.6) is 0 Å². The van der Waals surface area contributed by atoms with Crippen LogP contribution >= 0.6 is 0 Å². The third-order valence-electron chi connectivity index (χ3n) is 3.96. The highest BCUT2D eigenvalue weighted by atomic mass is 16.3. The predicted octanol–water partition coefficient (Wildman–Crippen LogP) is 3.85. The highest BCUT2D eigenvalue weighted by Gasteiger charge is 2.53. The Morgan fingerprint density at radius 2 is 1.94 bits per heavy atom. The fraction of sp³-hybridized carbons (Fsp3) is 0.375. The van der Waals surface area contributed by atoms with Crippen molar-refractivity contribution >= 4 is 10.8 Å². The minimum Gasteiger partial charge on any atom is -0.385 e. The van der Waals surface area contributed by atoms with E-state index in [1.165, 1.54) is 10.8 Å². The Kier molecular flexibility index (Phi) is 2.44. The van der Waals surface area contributed by atoms with E-state index in [0.29, 0.717) is 5.92 Å². The summed E-state index contributed by atoms with van der Waals surface area (Å²) in [6.07, 6.45) is 3.21. The molecule has 2 aromatic rings. The Bertz CT molecular complexity index is 546. The zero-order chi connectivity index (χ0) is 11.9. The molecule has 2 aromatic carbocycles. The summed E-state index contributed by atoms with van der Waals surface area (Å²) in [5.41, 5.74) is 0.551. The number of fused-ring (bicyclic) bond motifs is 1. The van der Waals surface area contributed by atoms with Crippen LogP contribution in [0.25, 0.3) is 10.8 Å². The second-order valence-electron chi connectivity index (χ2n) is 5.18. The lowest BCUT2D eigenvalue weighted by Gasteiger charge is -2.11. The molecule has 88 valence electrons. The highest BCUT2D eigenvalue weighted by molar-refractivity contribution is 5.83. The van der Waals surface area contributed by atoms with Crippen LogP contribution in [0.15, 0.2) is 42.5 Å². The van der Waals surface area contributed by atoms with E-state index < -0.39 is 5.60 Å². The fourth-order valence-electron chi connectivity index (χ4n) is 2.82. The SMILES string of the molecule is CCCC1CC1(O)c1ccc2ccccc2c1. The van der Waals surface area contributed by atoms with Crippen LogP contribution in [0.3, 0.4) is 0 Å². The molecule has 1 saturated carbocycles. The van der Waals surface area contributed by atoms with Crippen molar-refractivity contribution in [3.05, 3.63) is 48.0 Å². The van der Waals surface area contributed by atoms with Crippen molar-refractivity contribution in [3.63, 3.8) is 0 Å². The van der Waals surface area contributed by atoms with Gasteiger partial charge in [-0.2, -0.15) is 0 Å². The van der Waals surface area contributed by atoms with Gasteiger partial charge < -0.3 is 5.11 Å². The summed E-state index contributed by atoms with van der Waals surface area (Å²) in [4.78, 5) is 0. The largest absolute Gasteiger partial charge is 0.385 e. The van der Waals surface area contributed by atoms with Crippen molar-refractivity contribution in [1.29, 1.82) is 0 Å². The molecule has 1 fully saturated rings. The molecule has 1 aliphatic rings. The monoisotopic (exact) mass is 226 g/mol. The van der Waals surface area contributed by atoms with E-state index in [1.54, 1.807) is 0 Å². The molecule has 0 heterocycles. The molecule has 0 aliphatic heterocycles. The van der Waals surface area contributed by atoms with Gasteiger partial charge in [0.1, 0.15) is 0 Å². The molecule has 2 atom stereocenters. The molecular weight excluding hydrogens is 208 g/mol. The van der Waals surface area contributed by atoms with Gasteiger partial charge in [0.05, 0.1) is 5.60 Å². The normalized spacial score (nSPS) is 27.3. The summed E-state index contributed by atoms with van der Waals surface area (Å²) < 4.78 is 0. The van der Waals surface area contributed by atoms with Crippen LogP contribution < -0.4 is 0 Å². The first-order chi connectivity index (χ1) is 8.24. The highest BCUT2D eigenvalue weighted by Crippen LogP contribution is 2.54. The number of aliphatic hydroxyl groups is 1. The molecule has 0 saturated heterocycles. The van der Waals surface area contributed by atoms with Crippen molar-refractivity contribution in [2.75, 3.05) is 0 Å².